The Morgan fingerprint density at radius 3 is 2.65 bits per heavy atom. The third-order valence-corrected chi connectivity index (χ3v) is 3.39. The summed E-state index contributed by atoms with van der Waals surface area (Å²) in [7, 11) is 1.51. The summed E-state index contributed by atoms with van der Waals surface area (Å²) < 4.78 is 5.17. The van der Waals surface area contributed by atoms with Crippen LogP contribution in [0.2, 0.25) is 5.28 Å². The molecule has 0 saturated carbocycles. The van der Waals surface area contributed by atoms with E-state index < -0.39 is 0 Å². The van der Waals surface area contributed by atoms with E-state index >= 15 is 0 Å². The lowest BCUT2D eigenvalue weighted by Gasteiger charge is -2.12. The summed E-state index contributed by atoms with van der Waals surface area (Å²) in [6.45, 7) is 0. The highest BCUT2D eigenvalue weighted by atomic mass is 35.5. The van der Waals surface area contributed by atoms with Crippen LogP contribution in [0.3, 0.4) is 0 Å². The van der Waals surface area contributed by atoms with Crippen LogP contribution in [-0.2, 0) is 0 Å². The molecule has 0 radical (unpaired) electrons. The number of ether oxygens (including phenoxy) is 1. The zero-order chi connectivity index (χ0) is 16.2. The maximum absolute atomic E-state index is 12.3. The van der Waals surface area contributed by atoms with Gasteiger partial charge in [0.1, 0.15) is 5.75 Å². The summed E-state index contributed by atoms with van der Waals surface area (Å²) in [5, 5.41) is 0.843. The van der Waals surface area contributed by atoms with Crippen molar-refractivity contribution >= 4 is 34.2 Å². The van der Waals surface area contributed by atoms with Crippen molar-refractivity contribution in [2.75, 3.05) is 12.5 Å². The van der Waals surface area contributed by atoms with Gasteiger partial charge >= 0.3 is 0 Å². The van der Waals surface area contributed by atoms with Crippen molar-refractivity contribution in [2.45, 2.75) is 0 Å². The molecular formula is C16H13ClN4O2. The van der Waals surface area contributed by atoms with Gasteiger partial charge < -0.3 is 4.74 Å². The molecule has 0 saturated heterocycles. The molecule has 2 N–H and O–H groups in total. The molecule has 0 spiro atoms. The average molecular weight is 329 g/mol. The van der Waals surface area contributed by atoms with E-state index in [1.54, 1.807) is 24.3 Å². The van der Waals surface area contributed by atoms with Gasteiger partial charge in [-0.05, 0) is 35.9 Å². The maximum atomic E-state index is 12.3. The molecule has 3 aromatic rings. The van der Waals surface area contributed by atoms with Crippen molar-refractivity contribution in [1.82, 2.24) is 15.4 Å². The lowest BCUT2D eigenvalue weighted by Crippen LogP contribution is -2.30. The van der Waals surface area contributed by atoms with Gasteiger partial charge in [-0.2, -0.15) is 4.98 Å². The van der Waals surface area contributed by atoms with Gasteiger partial charge in [-0.1, -0.05) is 24.3 Å². The van der Waals surface area contributed by atoms with Crippen molar-refractivity contribution in [3.05, 3.63) is 59.4 Å². The van der Waals surface area contributed by atoms with E-state index in [9.17, 15) is 4.79 Å². The summed E-state index contributed by atoms with van der Waals surface area (Å²) in [5.41, 5.74) is 6.47. The van der Waals surface area contributed by atoms with Gasteiger partial charge in [0.2, 0.25) is 5.28 Å². The van der Waals surface area contributed by atoms with Gasteiger partial charge in [0.05, 0.1) is 18.2 Å². The van der Waals surface area contributed by atoms with Crippen LogP contribution in [0.4, 0.5) is 5.82 Å². The van der Waals surface area contributed by atoms with Crippen LogP contribution in [0.5, 0.6) is 5.75 Å². The number of hydrogen-bond acceptors (Lipinski definition) is 5. The van der Waals surface area contributed by atoms with E-state index in [2.05, 4.69) is 20.8 Å². The van der Waals surface area contributed by atoms with Crippen molar-refractivity contribution in [1.29, 1.82) is 0 Å². The highest BCUT2D eigenvalue weighted by molar-refractivity contribution is 6.28. The number of rotatable bonds is 4. The van der Waals surface area contributed by atoms with Gasteiger partial charge in [-0.15, -0.1) is 0 Å². The molecule has 23 heavy (non-hydrogen) atoms. The highest BCUT2D eigenvalue weighted by Gasteiger charge is 2.12. The Balaban J connectivity index is 1.85. The zero-order valence-corrected chi connectivity index (χ0v) is 13.0. The number of nitrogens with zero attached hydrogens (tertiary/aromatic N) is 2. The van der Waals surface area contributed by atoms with E-state index in [0.29, 0.717) is 22.6 Å². The van der Waals surface area contributed by atoms with Gasteiger partial charge in [-0.3, -0.25) is 15.6 Å². The summed E-state index contributed by atoms with van der Waals surface area (Å²) in [5.74, 6) is 0.558. The molecule has 0 bridgehead atoms. The predicted molar refractivity (Wildman–Crippen MR) is 88.6 cm³/mol. The Kier molecular flexibility index (Phi) is 4.25. The Morgan fingerprint density at radius 1 is 1.09 bits per heavy atom. The molecular weight excluding hydrogens is 316 g/mol. The van der Waals surface area contributed by atoms with E-state index in [4.69, 9.17) is 16.3 Å². The Morgan fingerprint density at radius 2 is 1.83 bits per heavy atom. The number of methoxy groups -OCH3 is 1. The van der Waals surface area contributed by atoms with Gasteiger partial charge in [0, 0.05) is 5.39 Å². The van der Waals surface area contributed by atoms with E-state index in [1.807, 2.05) is 24.3 Å². The monoisotopic (exact) mass is 328 g/mol. The smallest absolute Gasteiger partial charge is 0.273 e. The molecule has 0 atom stereocenters. The van der Waals surface area contributed by atoms with Gasteiger partial charge in [-0.25, -0.2) is 4.98 Å². The lowest BCUT2D eigenvalue weighted by molar-refractivity contribution is 0.0959. The number of carbonyl (C=O) groups is 1. The second kappa shape index (κ2) is 6.50. The summed E-state index contributed by atoms with van der Waals surface area (Å²) in [4.78, 5) is 20.5. The fourth-order valence-corrected chi connectivity index (χ4v) is 2.33. The molecule has 3 rings (SSSR count). The maximum Gasteiger partial charge on any atom is 0.273 e. The molecule has 1 heterocycles. The lowest BCUT2D eigenvalue weighted by atomic mass is 10.2. The number of nitrogens with one attached hydrogen (secondary N) is 2. The summed E-state index contributed by atoms with van der Waals surface area (Å²) >= 11 is 5.91. The second-order valence-corrected chi connectivity index (χ2v) is 4.98. The number of fused-ring (bicyclic) bond motifs is 1. The number of halogens is 1. The molecule has 116 valence electrons. The number of hydrazine groups is 1. The normalized spacial score (nSPS) is 10.3. The molecule has 1 aromatic heterocycles. The largest absolute Gasteiger partial charge is 0.496 e. The molecule has 0 aliphatic rings. The first-order chi connectivity index (χ1) is 11.2. The van der Waals surface area contributed by atoms with Crippen molar-refractivity contribution in [2.24, 2.45) is 0 Å². The third kappa shape index (κ3) is 3.17. The second-order valence-electron chi connectivity index (χ2n) is 4.64. The van der Waals surface area contributed by atoms with Crippen LogP contribution in [0, 0.1) is 0 Å². The van der Waals surface area contributed by atoms with Crippen LogP contribution in [0.25, 0.3) is 10.9 Å². The molecule has 7 heteroatoms. The number of anilines is 1. The Labute approximate surface area is 137 Å². The highest BCUT2D eigenvalue weighted by Crippen LogP contribution is 2.21. The number of para-hydroxylation sites is 2. The number of amides is 1. The van der Waals surface area contributed by atoms with Crippen LogP contribution < -0.4 is 15.6 Å². The topological polar surface area (TPSA) is 76.1 Å². The molecule has 2 aromatic carbocycles. The van der Waals surface area contributed by atoms with Crippen LogP contribution in [0.15, 0.2) is 48.5 Å². The van der Waals surface area contributed by atoms with Crippen LogP contribution >= 0.6 is 11.6 Å². The van der Waals surface area contributed by atoms with Gasteiger partial charge in [0.25, 0.3) is 5.91 Å². The first-order valence-electron chi connectivity index (χ1n) is 6.80. The molecule has 0 unspecified atom stereocenters. The minimum absolute atomic E-state index is 0.0951. The van der Waals surface area contributed by atoms with Crippen molar-refractivity contribution in [3.8, 4) is 5.75 Å². The van der Waals surface area contributed by atoms with Crippen molar-refractivity contribution < 1.29 is 9.53 Å². The Hall–Kier alpha value is -2.86. The quantitative estimate of drug-likeness (QED) is 0.568. The van der Waals surface area contributed by atoms with Gasteiger partial charge in [0.15, 0.2) is 5.82 Å². The fraction of sp³-hybridized carbons (Fsp3) is 0.0625. The predicted octanol–water partition coefficient (Wildman–Crippen LogP) is 3.05. The number of hydrogen-bond donors (Lipinski definition) is 2. The number of benzene rings is 2. The fourth-order valence-electron chi connectivity index (χ4n) is 2.16. The van der Waals surface area contributed by atoms with E-state index in [0.717, 1.165) is 5.39 Å². The number of carbonyl (C=O) groups excluding carboxylic acids is 1. The minimum atomic E-state index is -0.346. The van der Waals surface area contributed by atoms with Crippen LogP contribution in [-0.4, -0.2) is 23.0 Å². The SMILES string of the molecule is COc1ccccc1C(=O)NNc1nc(Cl)nc2ccccc12. The summed E-state index contributed by atoms with van der Waals surface area (Å²) in [6, 6.07) is 14.3. The number of aromatic nitrogens is 2. The average Bonchev–Trinajstić information content (AvgIpc) is 2.59. The van der Waals surface area contributed by atoms with E-state index in [1.165, 1.54) is 7.11 Å². The van der Waals surface area contributed by atoms with Crippen molar-refractivity contribution in [3.63, 3.8) is 0 Å². The van der Waals surface area contributed by atoms with Crippen LogP contribution in [0.1, 0.15) is 10.4 Å². The first-order valence-corrected chi connectivity index (χ1v) is 7.18. The summed E-state index contributed by atoms with van der Waals surface area (Å²) in [6.07, 6.45) is 0. The van der Waals surface area contributed by atoms with E-state index in [-0.39, 0.29) is 11.2 Å². The molecule has 0 aliphatic heterocycles. The standard InChI is InChI=1S/C16H13ClN4O2/c1-23-13-9-5-3-7-11(13)15(22)21-20-14-10-6-2-4-8-12(10)18-16(17)19-14/h2-9H,1H3,(H,21,22)(H,18,19,20). The Bertz CT molecular complexity index is 870. The first kappa shape index (κ1) is 15.1. The molecule has 6 nitrogen and oxygen atoms in total. The molecule has 0 aliphatic carbocycles. The third-order valence-electron chi connectivity index (χ3n) is 3.22. The minimum Gasteiger partial charge on any atom is -0.496 e. The molecule has 0 fully saturated rings. The molecule has 1 amide bonds. The zero-order valence-electron chi connectivity index (χ0n) is 12.2.